The molecule has 1 unspecified atom stereocenters. The lowest BCUT2D eigenvalue weighted by Gasteiger charge is -2.23. The zero-order valence-corrected chi connectivity index (χ0v) is 16.9. The molecule has 0 aliphatic carbocycles. The molecule has 5 nitrogen and oxygen atoms in total. The summed E-state index contributed by atoms with van der Waals surface area (Å²) in [7, 11) is 0. The molecule has 0 N–H and O–H groups in total. The molecular formula is C25H25NO4. The number of para-hydroxylation sites is 1. The first kappa shape index (κ1) is 21.1. The number of amides is 1. The molecule has 0 saturated carbocycles. The van der Waals surface area contributed by atoms with Crippen LogP contribution in [-0.2, 0) is 27.4 Å². The van der Waals surface area contributed by atoms with Crippen molar-refractivity contribution in [3.05, 3.63) is 102 Å². The van der Waals surface area contributed by atoms with Gasteiger partial charge in [0.25, 0.3) is 5.91 Å². The number of ether oxygens (including phenoxy) is 2. The van der Waals surface area contributed by atoms with Crippen molar-refractivity contribution in [1.82, 2.24) is 4.90 Å². The van der Waals surface area contributed by atoms with Gasteiger partial charge < -0.3 is 14.4 Å². The van der Waals surface area contributed by atoms with Gasteiger partial charge in [0.1, 0.15) is 5.75 Å². The Kier molecular flexibility index (Phi) is 7.61. The number of rotatable bonds is 9. The normalized spacial score (nSPS) is 11.4. The minimum absolute atomic E-state index is 0.261. The standard InChI is InChI=1S/C25H25NO4/c1-20(30-23-15-9-4-10-16-23)25(28)29-19-24(27)26(17-21-11-5-2-6-12-21)18-22-13-7-3-8-14-22/h2-16,20H,17-19H2,1H3. The predicted molar refractivity (Wildman–Crippen MR) is 115 cm³/mol. The van der Waals surface area contributed by atoms with Gasteiger partial charge in [0, 0.05) is 13.1 Å². The number of esters is 1. The molecule has 0 aliphatic rings. The number of nitrogens with zero attached hydrogens (tertiary/aromatic N) is 1. The number of carbonyl (C=O) groups is 2. The van der Waals surface area contributed by atoms with Crippen LogP contribution in [-0.4, -0.2) is 29.5 Å². The lowest BCUT2D eigenvalue weighted by atomic mass is 10.1. The van der Waals surface area contributed by atoms with Gasteiger partial charge in [-0.2, -0.15) is 0 Å². The van der Waals surface area contributed by atoms with E-state index in [4.69, 9.17) is 9.47 Å². The average Bonchev–Trinajstić information content (AvgIpc) is 2.79. The largest absolute Gasteiger partial charge is 0.479 e. The molecule has 1 atom stereocenters. The summed E-state index contributed by atoms with van der Waals surface area (Å²) in [4.78, 5) is 26.8. The van der Waals surface area contributed by atoms with Crippen LogP contribution in [0, 0.1) is 0 Å². The molecule has 0 fully saturated rings. The fraction of sp³-hybridized carbons (Fsp3) is 0.200. The molecule has 5 heteroatoms. The summed E-state index contributed by atoms with van der Waals surface area (Å²) in [5, 5.41) is 0. The molecule has 3 aromatic rings. The highest BCUT2D eigenvalue weighted by Gasteiger charge is 2.21. The molecule has 0 heterocycles. The van der Waals surface area contributed by atoms with Crippen LogP contribution in [0.4, 0.5) is 0 Å². The molecule has 3 rings (SSSR count). The predicted octanol–water partition coefficient (Wildman–Crippen LogP) is 4.23. The van der Waals surface area contributed by atoms with Gasteiger partial charge in [-0.15, -0.1) is 0 Å². The van der Waals surface area contributed by atoms with Crippen LogP contribution in [0.5, 0.6) is 5.75 Å². The van der Waals surface area contributed by atoms with Crippen molar-refractivity contribution in [3.8, 4) is 5.75 Å². The quantitative estimate of drug-likeness (QED) is 0.502. The van der Waals surface area contributed by atoms with Crippen molar-refractivity contribution in [2.24, 2.45) is 0 Å². The smallest absolute Gasteiger partial charge is 0.347 e. The Morgan fingerprint density at radius 3 is 1.73 bits per heavy atom. The monoisotopic (exact) mass is 403 g/mol. The summed E-state index contributed by atoms with van der Waals surface area (Å²) in [5.41, 5.74) is 2.02. The van der Waals surface area contributed by atoms with E-state index in [1.165, 1.54) is 0 Å². The van der Waals surface area contributed by atoms with Crippen molar-refractivity contribution in [1.29, 1.82) is 0 Å². The van der Waals surface area contributed by atoms with E-state index >= 15 is 0 Å². The van der Waals surface area contributed by atoms with E-state index in [0.29, 0.717) is 18.8 Å². The Labute approximate surface area is 176 Å². The molecule has 0 saturated heterocycles. The minimum Gasteiger partial charge on any atom is -0.479 e. The van der Waals surface area contributed by atoms with Gasteiger partial charge in [0.05, 0.1) is 0 Å². The number of hydrogen-bond donors (Lipinski definition) is 0. The molecule has 0 aromatic heterocycles. The van der Waals surface area contributed by atoms with Crippen LogP contribution in [0.25, 0.3) is 0 Å². The maximum absolute atomic E-state index is 12.8. The highest BCUT2D eigenvalue weighted by molar-refractivity contribution is 5.82. The van der Waals surface area contributed by atoms with E-state index in [0.717, 1.165) is 11.1 Å². The highest BCUT2D eigenvalue weighted by atomic mass is 16.6. The lowest BCUT2D eigenvalue weighted by molar-refractivity contribution is -0.157. The molecule has 0 radical (unpaired) electrons. The van der Waals surface area contributed by atoms with Gasteiger partial charge in [-0.1, -0.05) is 78.9 Å². The van der Waals surface area contributed by atoms with E-state index in [1.807, 2.05) is 78.9 Å². The molecule has 30 heavy (non-hydrogen) atoms. The molecule has 0 aliphatic heterocycles. The van der Waals surface area contributed by atoms with Crippen LogP contribution in [0.2, 0.25) is 0 Å². The van der Waals surface area contributed by atoms with Gasteiger partial charge in [-0.25, -0.2) is 4.79 Å². The molecule has 3 aromatic carbocycles. The zero-order valence-electron chi connectivity index (χ0n) is 16.9. The Morgan fingerprint density at radius 1 is 0.767 bits per heavy atom. The van der Waals surface area contributed by atoms with E-state index in [9.17, 15) is 9.59 Å². The minimum atomic E-state index is -0.808. The Bertz CT molecular complexity index is 888. The molecule has 0 bridgehead atoms. The Balaban J connectivity index is 1.60. The van der Waals surface area contributed by atoms with Gasteiger partial charge >= 0.3 is 5.97 Å². The first-order valence-electron chi connectivity index (χ1n) is 9.86. The van der Waals surface area contributed by atoms with Crippen molar-refractivity contribution in [2.45, 2.75) is 26.1 Å². The third kappa shape index (κ3) is 6.48. The highest BCUT2D eigenvalue weighted by Crippen LogP contribution is 2.13. The topological polar surface area (TPSA) is 55.8 Å². The molecule has 154 valence electrons. The summed E-state index contributed by atoms with van der Waals surface area (Å²) >= 11 is 0. The summed E-state index contributed by atoms with van der Waals surface area (Å²) in [6.45, 7) is 2.14. The van der Waals surface area contributed by atoms with Crippen LogP contribution in [0.1, 0.15) is 18.1 Å². The van der Waals surface area contributed by atoms with E-state index in [2.05, 4.69) is 0 Å². The van der Waals surface area contributed by atoms with Crippen LogP contribution >= 0.6 is 0 Å². The summed E-state index contributed by atoms with van der Waals surface area (Å²) in [6.07, 6.45) is -0.808. The van der Waals surface area contributed by atoms with E-state index < -0.39 is 12.1 Å². The lowest BCUT2D eigenvalue weighted by Crippen LogP contribution is -2.36. The molecule has 0 spiro atoms. The summed E-state index contributed by atoms with van der Waals surface area (Å²) in [5.74, 6) is -0.266. The van der Waals surface area contributed by atoms with Crippen LogP contribution in [0.3, 0.4) is 0 Å². The van der Waals surface area contributed by atoms with Gasteiger partial charge in [0.15, 0.2) is 12.7 Å². The second-order valence-electron chi connectivity index (χ2n) is 6.90. The third-order valence-electron chi connectivity index (χ3n) is 4.51. The SMILES string of the molecule is CC(Oc1ccccc1)C(=O)OCC(=O)N(Cc1ccccc1)Cc1ccccc1. The second-order valence-corrected chi connectivity index (χ2v) is 6.90. The number of benzene rings is 3. The summed E-state index contributed by atoms with van der Waals surface area (Å²) in [6, 6.07) is 28.5. The van der Waals surface area contributed by atoms with E-state index in [-0.39, 0.29) is 12.5 Å². The first-order valence-corrected chi connectivity index (χ1v) is 9.86. The number of hydrogen-bond acceptors (Lipinski definition) is 4. The average molecular weight is 403 g/mol. The first-order chi connectivity index (χ1) is 14.6. The van der Waals surface area contributed by atoms with Gasteiger partial charge in [0.2, 0.25) is 0 Å². The van der Waals surface area contributed by atoms with Crippen molar-refractivity contribution in [2.75, 3.05) is 6.61 Å². The fourth-order valence-electron chi connectivity index (χ4n) is 2.93. The maximum Gasteiger partial charge on any atom is 0.347 e. The number of carbonyl (C=O) groups excluding carboxylic acids is 2. The molecular weight excluding hydrogens is 378 g/mol. The van der Waals surface area contributed by atoms with Crippen LogP contribution < -0.4 is 4.74 Å². The van der Waals surface area contributed by atoms with Crippen molar-refractivity contribution in [3.63, 3.8) is 0 Å². The maximum atomic E-state index is 12.8. The molecule has 1 amide bonds. The van der Waals surface area contributed by atoms with E-state index in [1.54, 1.807) is 24.0 Å². The third-order valence-corrected chi connectivity index (χ3v) is 4.51. The Morgan fingerprint density at radius 2 is 1.23 bits per heavy atom. The van der Waals surface area contributed by atoms with Crippen molar-refractivity contribution < 1.29 is 19.1 Å². The fourth-order valence-corrected chi connectivity index (χ4v) is 2.93. The zero-order chi connectivity index (χ0) is 21.2. The van der Waals surface area contributed by atoms with Crippen LogP contribution in [0.15, 0.2) is 91.0 Å². The Hall–Kier alpha value is -3.60. The van der Waals surface area contributed by atoms with Gasteiger partial charge in [-0.05, 0) is 30.2 Å². The summed E-state index contributed by atoms with van der Waals surface area (Å²) < 4.78 is 10.8. The van der Waals surface area contributed by atoms with Gasteiger partial charge in [-0.3, -0.25) is 4.79 Å². The van der Waals surface area contributed by atoms with Crippen molar-refractivity contribution >= 4 is 11.9 Å². The second kappa shape index (κ2) is 10.8.